The maximum Gasteiger partial charge on any atom is 0.339 e. The molecule has 0 amide bonds. The second-order valence-electron chi connectivity index (χ2n) is 4.40. The van der Waals surface area contributed by atoms with Gasteiger partial charge in [0, 0.05) is 12.6 Å². The minimum Gasteiger partial charge on any atom is -0.480 e. The first-order chi connectivity index (χ1) is 9.91. The molecule has 1 N–H and O–H groups in total. The molecule has 8 heteroatoms. The number of carboxylic acids is 1. The van der Waals surface area contributed by atoms with Crippen LogP contribution >= 0.6 is 0 Å². The molecule has 0 unspecified atom stereocenters. The zero-order chi connectivity index (χ0) is 15.6. The monoisotopic (exact) mass is 291 g/mol. The SMILES string of the molecule is Cc1cccc(OCc2c(C(=O)O)cnn2C)c1[N+](=O)[O-]. The smallest absolute Gasteiger partial charge is 0.339 e. The lowest BCUT2D eigenvalue weighted by Gasteiger charge is -2.09. The summed E-state index contributed by atoms with van der Waals surface area (Å²) < 4.78 is 6.80. The highest BCUT2D eigenvalue weighted by Gasteiger charge is 2.20. The van der Waals surface area contributed by atoms with Crippen LogP contribution in [0.2, 0.25) is 0 Å². The summed E-state index contributed by atoms with van der Waals surface area (Å²) in [6.45, 7) is 1.49. The predicted octanol–water partition coefficient (Wildman–Crippen LogP) is 1.91. The number of para-hydroxylation sites is 1. The molecule has 0 spiro atoms. The van der Waals surface area contributed by atoms with E-state index in [1.54, 1.807) is 26.1 Å². The average Bonchev–Trinajstić information content (AvgIpc) is 2.77. The fourth-order valence-corrected chi connectivity index (χ4v) is 1.94. The van der Waals surface area contributed by atoms with Gasteiger partial charge in [-0.1, -0.05) is 12.1 Å². The van der Waals surface area contributed by atoms with E-state index in [0.29, 0.717) is 11.3 Å². The van der Waals surface area contributed by atoms with Crippen molar-refractivity contribution < 1.29 is 19.6 Å². The molecule has 1 aromatic heterocycles. The molecular weight excluding hydrogens is 278 g/mol. The van der Waals surface area contributed by atoms with E-state index in [1.807, 2.05) is 0 Å². The molecule has 0 radical (unpaired) electrons. The minimum atomic E-state index is -1.12. The van der Waals surface area contributed by atoms with Crippen molar-refractivity contribution in [3.05, 3.63) is 51.3 Å². The van der Waals surface area contributed by atoms with Crippen LogP contribution in [0.25, 0.3) is 0 Å². The highest BCUT2D eigenvalue weighted by molar-refractivity contribution is 5.88. The molecule has 2 aromatic rings. The summed E-state index contributed by atoms with van der Waals surface area (Å²) in [6.07, 6.45) is 1.21. The van der Waals surface area contributed by atoms with Crippen molar-refractivity contribution in [2.75, 3.05) is 0 Å². The third kappa shape index (κ3) is 2.83. The number of hydrogen-bond donors (Lipinski definition) is 1. The number of aromatic nitrogens is 2. The average molecular weight is 291 g/mol. The van der Waals surface area contributed by atoms with E-state index in [2.05, 4.69) is 5.10 Å². The third-order valence-electron chi connectivity index (χ3n) is 3.04. The predicted molar refractivity (Wildman–Crippen MR) is 72.3 cm³/mol. The number of nitro benzene ring substituents is 1. The van der Waals surface area contributed by atoms with Gasteiger partial charge in [-0.15, -0.1) is 0 Å². The second kappa shape index (κ2) is 5.61. The minimum absolute atomic E-state index is 0.00723. The highest BCUT2D eigenvalue weighted by atomic mass is 16.6. The van der Waals surface area contributed by atoms with Gasteiger partial charge >= 0.3 is 11.7 Å². The number of aryl methyl sites for hydroxylation is 2. The Hall–Kier alpha value is -2.90. The lowest BCUT2D eigenvalue weighted by atomic mass is 10.2. The van der Waals surface area contributed by atoms with Crippen LogP contribution in [0.15, 0.2) is 24.4 Å². The first-order valence-corrected chi connectivity index (χ1v) is 6.02. The topological polar surface area (TPSA) is 107 Å². The van der Waals surface area contributed by atoms with Gasteiger partial charge in [-0.3, -0.25) is 14.8 Å². The number of ether oxygens (including phenoxy) is 1. The van der Waals surface area contributed by atoms with E-state index in [9.17, 15) is 14.9 Å². The van der Waals surface area contributed by atoms with Crippen LogP contribution in [0.1, 0.15) is 21.6 Å². The first-order valence-electron chi connectivity index (χ1n) is 6.02. The van der Waals surface area contributed by atoms with Crippen molar-refractivity contribution >= 4 is 11.7 Å². The molecular formula is C13H13N3O5. The normalized spacial score (nSPS) is 10.4. The molecule has 1 heterocycles. The number of hydrogen-bond acceptors (Lipinski definition) is 5. The summed E-state index contributed by atoms with van der Waals surface area (Å²) in [5, 5.41) is 24.0. The van der Waals surface area contributed by atoms with Gasteiger partial charge in [-0.05, 0) is 13.0 Å². The van der Waals surface area contributed by atoms with Gasteiger partial charge in [0.25, 0.3) is 0 Å². The molecule has 21 heavy (non-hydrogen) atoms. The Labute approximate surface area is 119 Å². The van der Waals surface area contributed by atoms with Crippen LogP contribution in [0, 0.1) is 17.0 Å². The number of rotatable bonds is 5. The Morgan fingerprint density at radius 2 is 2.24 bits per heavy atom. The molecule has 0 saturated heterocycles. The number of nitrogens with zero attached hydrogens (tertiary/aromatic N) is 3. The lowest BCUT2D eigenvalue weighted by Crippen LogP contribution is -2.09. The first kappa shape index (κ1) is 14.5. The van der Waals surface area contributed by atoms with Gasteiger partial charge in [-0.25, -0.2) is 4.79 Å². The van der Waals surface area contributed by atoms with Crippen molar-refractivity contribution in [3.63, 3.8) is 0 Å². The molecule has 0 saturated carbocycles. The van der Waals surface area contributed by atoms with E-state index >= 15 is 0 Å². The van der Waals surface area contributed by atoms with Gasteiger partial charge in [-0.2, -0.15) is 5.10 Å². The fourth-order valence-electron chi connectivity index (χ4n) is 1.94. The lowest BCUT2D eigenvalue weighted by molar-refractivity contribution is -0.386. The standard InChI is InChI=1S/C13H13N3O5/c1-8-4-3-5-11(12(8)16(19)20)21-7-10-9(13(17)18)6-14-15(10)2/h3-6H,7H2,1-2H3,(H,17,18). The molecule has 0 bridgehead atoms. The summed E-state index contributed by atoms with van der Waals surface area (Å²) >= 11 is 0. The van der Waals surface area contributed by atoms with E-state index in [1.165, 1.54) is 16.9 Å². The molecule has 0 fully saturated rings. The number of carbonyl (C=O) groups is 1. The molecule has 0 aliphatic rings. The Balaban J connectivity index is 2.29. The van der Waals surface area contributed by atoms with Gasteiger partial charge in [0.15, 0.2) is 5.75 Å². The second-order valence-corrected chi connectivity index (χ2v) is 4.40. The Morgan fingerprint density at radius 3 is 2.86 bits per heavy atom. The number of benzene rings is 1. The van der Waals surface area contributed by atoms with Gasteiger partial charge in [0.05, 0.1) is 16.8 Å². The zero-order valence-electron chi connectivity index (χ0n) is 11.4. The van der Waals surface area contributed by atoms with Crippen molar-refractivity contribution in [1.82, 2.24) is 9.78 Å². The molecule has 2 rings (SSSR count). The van der Waals surface area contributed by atoms with E-state index < -0.39 is 10.9 Å². The summed E-state index contributed by atoms with van der Waals surface area (Å²) in [4.78, 5) is 21.6. The third-order valence-corrected chi connectivity index (χ3v) is 3.04. The molecule has 8 nitrogen and oxygen atoms in total. The number of carboxylic acid groups (broad SMARTS) is 1. The zero-order valence-corrected chi connectivity index (χ0v) is 11.4. The molecule has 0 atom stereocenters. The van der Waals surface area contributed by atoms with Gasteiger partial charge < -0.3 is 9.84 Å². The Bertz CT molecular complexity index is 708. The summed E-state index contributed by atoms with van der Waals surface area (Å²) in [5.41, 5.74) is 0.684. The van der Waals surface area contributed by atoms with E-state index in [0.717, 1.165) is 0 Å². The van der Waals surface area contributed by atoms with Crippen LogP contribution in [0.4, 0.5) is 5.69 Å². The van der Waals surface area contributed by atoms with Crippen LogP contribution in [-0.4, -0.2) is 25.8 Å². The Kier molecular flexibility index (Phi) is 3.88. The molecule has 110 valence electrons. The van der Waals surface area contributed by atoms with Crippen LogP contribution < -0.4 is 4.74 Å². The van der Waals surface area contributed by atoms with Crippen molar-refractivity contribution in [3.8, 4) is 5.75 Å². The fraction of sp³-hybridized carbons (Fsp3) is 0.231. The van der Waals surface area contributed by atoms with Crippen molar-refractivity contribution in [1.29, 1.82) is 0 Å². The summed E-state index contributed by atoms with van der Waals surface area (Å²) in [6, 6.07) is 4.72. The number of nitro groups is 1. The summed E-state index contributed by atoms with van der Waals surface area (Å²) in [7, 11) is 1.58. The van der Waals surface area contributed by atoms with E-state index in [4.69, 9.17) is 9.84 Å². The summed E-state index contributed by atoms with van der Waals surface area (Å²) in [5.74, 6) is -1.03. The van der Waals surface area contributed by atoms with Crippen LogP contribution in [-0.2, 0) is 13.7 Å². The number of aromatic carboxylic acids is 1. The molecule has 1 aromatic carbocycles. The van der Waals surface area contributed by atoms with Crippen LogP contribution in [0.5, 0.6) is 5.75 Å². The van der Waals surface area contributed by atoms with Crippen molar-refractivity contribution in [2.24, 2.45) is 7.05 Å². The van der Waals surface area contributed by atoms with Crippen molar-refractivity contribution in [2.45, 2.75) is 13.5 Å². The highest BCUT2D eigenvalue weighted by Crippen LogP contribution is 2.30. The Morgan fingerprint density at radius 1 is 1.52 bits per heavy atom. The maximum atomic E-state index is 11.1. The van der Waals surface area contributed by atoms with Gasteiger partial charge in [0.1, 0.15) is 12.2 Å². The largest absolute Gasteiger partial charge is 0.480 e. The van der Waals surface area contributed by atoms with E-state index in [-0.39, 0.29) is 23.6 Å². The molecule has 0 aliphatic heterocycles. The quantitative estimate of drug-likeness (QED) is 0.666. The maximum absolute atomic E-state index is 11.1. The van der Waals surface area contributed by atoms with Crippen LogP contribution in [0.3, 0.4) is 0 Å². The van der Waals surface area contributed by atoms with Gasteiger partial charge in [0.2, 0.25) is 0 Å². The molecule has 0 aliphatic carbocycles.